The quantitative estimate of drug-likeness (QED) is 0.330. The summed E-state index contributed by atoms with van der Waals surface area (Å²) in [6, 6.07) is 8.74. The number of hydrazone groups is 1. The van der Waals surface area contributed by atoms with Crippen LogP contribution in [-0.2, 0) is 17.6 Å². The van der Waals surface area contributed by atoms with Gasteiger partial charge in [-0.15, -0.1) is 0 Å². The predicted molar refractivity (Wildman–Crippen MR) is 123 cm³/mol. The van der Waals surface area contributed by atoms with Gasteiger partial charge in [-0.3, -0.25) is 4.79 Å². The minimum atomic E-state index is -0.0365. The van der Waals surface area contributed by atoms with Crippen LogP contribution in [0.25, 0.3) is 0 Å². The van der Waals surface area contributed by atoms with E-state index in [0.717, 1.165) is 31.9 Å². The Hall–Kier alpha value is -3.33. The first-order valence-corrected chi connectivity index (χ1v) is 11.0. The van der Waals surface area contributed by atoms with E-state index in [2.05, 4.69) is 44.7 Å². The van der Waals surface area contributed by atoms with Gasteiger partial charge in [-0.2, -0.15) is 5.10 Å². The summed E-state index contributed by atoms with van der Waals surface area (Å²) in [5.74, 6) is 6.07. The molecule has 0 atom stereocenters. The lowest BCUT2D eigenvalue weighted by Gasteiger charge is -2.31. The number of ether oxygens (including phenoxy) is 1. The summed E-state index contributed by atoms with van der Waals surface area (Å²) in [6.07, 6.45) is 7.97. The van der Waals surface area contributed by atoms with Gasteiger partial charge >= 0.3 is 0 Å². The van der Waals surface area contributed by atoms with Crippen LogP contribution in [0.4, 0.5) is 5.95 Å². The van der Waals surface area contributed by atoms with Crippen LogP contribution >= 0.6 is 0 Å². The van der Waals surface area contributed by atoms with Crippen molar-refractivity contribution in [2.75, 3.05) is 31.6 Å². The lowest BCUT2D eigenvalue weighted by molar-refractivity contribution is 0.0588. The number of piperidine rings is 1. The number of hydrogen-bond donors (Lipinski definition) is 3. The van der Waals surface area contributed by atoms with Crippen molar-refractivity contribution in [3.05, 3.63) is 53.3 Å². The van der Waals surface area contributed by atoms with Gasteiger partial charge in [0, 0.05) is 37.7 Å². The molecular weight excluding hydrogens is 406 g/mol. The number of amides is 1. The van der Waals surface area contributed by atoms with E-state index in [1.807, 2.05) is 4.90 Å². The van der Waals surface area contributed by atoms with Gasteiger partial charge in [0.25, 0.3) is 5.91 Å². The molecule has 1 fully saturated rings. The highest BCUT2D eigenvalue weighted by Gasteiger charge is 2.25. The van der Waals surface area contributed by atoms with Crippen molar-refractivity contribution in [1.29, 1.82) is 5.41 Å². The number of carbonyl (C=O) groups is 1. The summed E-state index contributed by atoms with van der Waals surface area (Å²) in [7, 11) is 0. The molecule has 0 saturated carbocycles. The lowest BCUT2D eigenvalue weighted by atomic mass is 9.97. The molecule has 32 heavy (non-hydrogen) atoms. The topological polar surface area (TPSA) is 130 Å². The van der Waals surface area contributed by atoms with Gasteiger partial charge in [0.15, 0.2) is 0 Å². The Morgan fingerprint density at radius 3 is 2.47 bits per heavy atom. The van der Waals surface area contributed by atoms with Crippen LogP contribution in [-0.4, -0.2) is 65.0 Å². The maximum absolute atomic E-state index is 12.8. The van der Waals surface area contributed by atoms with Gasteiger partial charge in [0.2, 0.25) is 5.95 Å². The molecule has 1 aliphatic heterocycles. The first-order valence-electron chi connectivity index (χ1n) is 11.0. The highest BCUT2D eigenvalue weighted by atomic mass is 16.5. The maximum atomic E-state index is 12.8. The summed E-state index contributed by atoms with van der Waals surface area (Å²) in [5.41, 5.74) is 3.66. The molecule has 1 saturated heterocycles. The van der Waals surface area contributed by atoms with Crippen molar-refractivity contribution < 1.29 is 9.53 Å². The number of nitrogens with zero attached hydrogens (tertiary/aromatic N) is 4. The van der Waals surface area contributed by atoms with E-state index in [1.165, 1.54) is 11.1 Å². The van der Waals surface area contributed by atoms with Crippen LogP contribution in [0.2, 0.25) is 0 Å². The Labute approximate surface area is 187 Å². The number of hydrogen-bond acceptors (Lipinski definition) is 8. The average Bonchev–Trinajstić information content (AvgIpc) is 3.25. The molecule has 9 heteroatoms. The SMILES string of the molecule is N=C/C(COCC1CCN(C(=O)c2cnc(NC3Cc4ccccc4C3)nc2)CC1)=N\N. The van der Waals surface area contributed by atoms with Crippen LogP contribution in [0.3, 0.4) is 0 Å². The molecule has 0 unspecified atom stereocenters. The second-order valence-electron chi connectivity index (χ2n) is 8.33. The van der Waals surface area contributed by atoms with Crippen LogP contribution < -0.4 is 11.2 Å². The molecule has 0 bridgehead atoms. The van der Waals surface area contributed by atoms with Crippen molar-refractivity contribution in [2.45, 2.75) is 31.7 Å². The van der Waals surface area contributed by atoms with Gasteiger partial charge in [-0.05, 0) is 42.7 Å². The molecule has 2 aromatic rings. The molecule has 2 aliphatic rings. The summed E-state index contributed by atoms with van der Waals surface area (Å²) >= 11 is 0. The molecule has 2 heterocycles. The number of anilines is 1. The number of nitrogens with two attached hydrogens (primary N) is 1. The van der Waals surface area contributed by atoms with Gasteiger partial charge < -0.3 is 26.2 Å². The van der Waals surface area contributed by atoms with E-state index < -0.39 is 0 Å². The van der Waals surface area contributed by atoms with E-state index in [-0.39, 0.29) is 18.6 Å². The average molecular weight is 436 g/mol. The zero-order valence-electron chi connectivity index (χ0n) is 18.0. The van der Waals surface area contributed by atoms with Crippen LogP contribution in [0.1, 0.15) is 34.3 Å². The Bertz CT molecular complexity index is 944. The molecule has 9 nitrogen and oxygen atoms in total. The number of aromatic nitrogens is 2. The van der Waals surface area contributed by atoms with Crippen LogP contribution in [0.5, 0.6) is 0 Å². The van der Waals surface area contributed by atoms with Gasteiger partial charge in [0.05, 0.1) is 18.8 Å². The first-order chi connectivity index (χ1) is 15.7. The summed E-state index contributed by atoms with van der Waals surface area (Å²) < 4.78 is 5.59. The fourth-order valence-corrected chi connectivity index (χ4v) is 4.29. The number of rotatable bonds is 8. The van der Waals surface area contributed by atoms with Crippen molar-refractivity contribution in [2.24, 2.45) is 16.9 Å². The van der Waals surface area contributed by atoms with Crippen molar-refractivity contribution in [3.8, 4) is 0 Å². The predicted octanol–water partition coefficient (Wildman–Crippen LogP) is 1.89. The van der Waals surface area contributed by atoms with Gasteiger partial charge in [0.1, 0.15) is 5.71 Å². The highest BCUT2D eigenvalue weighted by molar-refractivity contribution is 6.30. The Balaban J connectivity index is 1.23. The Morgan fingerprint density at radius 1 is 1.22 bits per heavy atom. The zero-order valence-corrected chi connectivity index (χ0v) is 18.0. The summed E-state index contributed by atoms with van der Waals surface area (Å²) in [6.45, 7) is 2.17. The largest absolute Gasteiger partial charge is 0.375 e. The molecule has 168 valence electrons. The van der Waals surface area contributed by atoms with Crippen LogP contribution in [0.15, 0.2) is 41.8 Å². The molecular formula is C23H29N7O2. The fourth-order valence-electron chi connectivity index (χ4n) is 4.29. The Kier molecular flexibility index (Phi) is 7.06. The smallest absolute Gasteiger partial charge is 0.256 e. The summed E-state index contributed by atoms with van der Waals surface area (Å²) in [4.78, 5) is 23.4. The molecule has 0 spiro atoms. The number of nitrogens with one attached hydrogen (secondary N) is 2. The fraction of sp³-hybridized carbons (Fsp3) is 0.435. The zero-order chi connectivity index (χ0) is 22.3. The van der Waals surface area contributed by atoms with Gasteiger partial charge in [-0.25, -0.2) is 9.97 Å². The third-order valence-electron chi connectivity index (χ3n) is 6.12. The third-order valence-corrected chi connectivity index (χ3v) is 6.12. The van der Waals surface area contributed by atoms with Crippen molar-refractivity contribution >= 4 is 23.8 Å². The standard InChI is InChI=1S/C23H29N7O2/c24-11-21(29-25)15-32-14-16-5-7-30(8-6-16)22(31)19-12-26-23(27-13-19)28-20-9-17-3-1-2-4-18(17)10-20/h1-4,11-13,16,20,24H,5-10,14-15,25H2,(H,26,27,28)/b24-11?,29-21+. The van der Waals surface area contributed by atoms with E-state index in [0.29, 0.717) is 42.8 Å². The number of carbonyl (C=O) groups excluding carboxylic acids is 1. The second kappa shape index (κ2) is 10.3. The number of likely N-dealkylation sites (tertiary alicyclic amines) is 1. The van der Waals surface area contributed by atoms with Crippen molar-refractivity contribution in [1.82, 2.24) is 14.9 Å². The van der Waals surface area contributed by atoms with Gasteiger partial charge in [-0.1, -0.05) is 24.3 Å². The third kappa shape index (κ3) is 5.28. The minimum absolute atomic E-state index is 0.0365. The lowest BCUT2D eigenvalue weighted by Crippen LogP contribution is -2.39. The minimum Gasteiger partial charge on any atom is -0.375 e. The number of fused-ring (bicyclic) bond motifs is 1. The highest BCUT2D eigenvalue weighted by Crippen LogP contribution is 2.24. The number of benzene rings is 1. The normalized spacial score (nSPS) is 17.2. The van der Waals surface area contributed by atoms with E-state index in [1.54, 1.807) is 12.4 Å². The molecule has 1 aromatic carbocycles. The molecule has 1 aromatic heterocycles. The Morgan fingerprint density at radius 2 is 1.88 bits per heavy atom. The molecule has 0 radical (unpaired) electrons. The molecule has 4 N–H and O–H groups in total. The first kappa shape index (κ1) is 21.9. The molecule has 1 aliphatic carbocycles. The van der Waals surface area contributed by atoms with E-state index in [9.17, 15) is 4.79 Å². The van der Waals surface area contributed by atoms with E-state index >= 15 is 0 Å². The molecule has 1 amide bonds. The molecule has 4 rings (SSSR count). The second-order valence-corrected chi connectivity index (χ2v) is 8.33. The monoisotopic (exact) mass is 435 g/mol. The summed E-state index contributed by atoms with van der Waals surface area (Å²) in [5, 5.41) is 14.0. The van der Waals surface area contributed by atoms with Crippen molar-refractivity contribution in [3.63, 3.8) is 0 Å². The van der Waals surface area contributed by atoms with E-state index in [4.69, 9.17) is 16.0 Å². The maximum Gasteiger partial charge on any atom is 0.256 e. The van der Waals surface area contributed by atoms with Crippen LogP contribution in [0, 0.1) is 11.3 Å².